The second-order valence-electron chi connectivity index (χ2n) is 8.28. The zero-order valence-electron chi connectivity index (χ0n) is 16.0. The number of amides is 1. The molecule has 0 saturated heterocycles. The third kappa shape index (κ3) is 3.48. The van der Waals surface area contributed by atoms with Gasteiger partial charge < -0.3 is 9.84 Å². The third-order valence-electron chi connectivity index (χ3n) is 5.35. The number of nitrogens with one attached hydrogen (secondary N) is 1. The van der Waals surface area contributed by atoms with Gasteiger partial charge in [-0.1, -0.05) is 25.9 Å². The quantitative estimate of drug-likeness (QED) is 0.926. The molecule has 136 valence electrons. The SMILES string of the molecule is Cc1nn(C)cc1[C@H](C)NC(=O)c1noc2c1C[C@@H](C(C)(C)C)CC2. The molecule has 0 aromatic carbocycles. The van der Waals surface area contributed by atoms with Gasteiger partial charge in [0.15, 0.2) is 5.69 Å². The number of carbonyl (C=O) groups is 1. The predicted octanol–water partition coefficient (Wildman–Crippen LogP) is 3.36. The monoisotopic (exact) mass is 344 g/mol. The van der Waals surface area contributed by atoms with Crippen molar-refractivity contribution >= 4 is 5.91 Å². The number of hydrogen-bond donors (Lipinski definition) is 1. The normalized spacial score (nSPS) is 18.7. The van der Waals surface area contributed by atoms with Crippen molar-refractivity contribution < 1.29 is 9.32 Å². The van der Waals surface area contributed by atoms with E-state index in [-0.39, 0.29) is 17.4 Å². The Labute approximate surface area is 149 Å². The summed E-state index contributed by atoms with van der Waals surface area (Å²) in [6.07, 6.45) is 4.73. The van der Waals surface area contributed by atoms with Crippen molar-refractivity contribution in [1.29, 1.82) is 0 Å². The third-order valence-corrected chi connectivity index (χ3v) is 5.35. The molecular weight excluding hydrogens is 316 g/mol. The second-order valence-corrected chi connectivity index (χ2v) is 8.28. The number of hydrogen-bond acceptors (Lipinski definition) is 4. The van der Waals surface area contributed by atoms with Crippen LogP contribution in [-0.4, -0.2) is 20.8 Å². The van der Waals surface area contributed by atoms with Crippen molar-refractivity contribution in [2.45, 2.75) is 59.9 Å². The minimum atomic E-state index is -0.171. The van der Waals surface area contributed by atoms with Crippen molar-refractivity contribution in [2.75, 3.05) is 0 Å². The average molecular weight is 344 g/mol. The van der Waals surface area contributed by atoms with Gasteiger partial charge in [0, 0.05) is 30.8 Å². The Morgan fingerprint density at radius 2 is 2.16 bits per heavy atom. The van der Waals surface area contributed by atoms with Crippen LogP contribution in [0.25, 0.3) is 0 Å². The zero-order chi connectivity index (χ0) is 18.4. The van der Waals surface area contributed by atoms with Crippen LogP contribution in [0.1, 0.15) is 73.2 Å². The number of rotatable bonds is 3. The lowest BCUT2D eigenvalue weighted by Gasteiger charge is -2.33. The molecule has 2 heterocycles. The molecule has 0 radical (unpaired) electrons. The van der Waals surface area contributed by atoms with Gasteiger partial charge in [0.2, 0.25) is 0 Å². The lowest BCUT2D eigenvalue weighted by molar-refractivity contribution is 0.0929. The Morgan fingerprint density at radius 3 is 2.76 bits per heavy atom. The van der Waals surface area contributed by atoms with Gasteiger partial charge in [-0.25, -0.2) is 0 Å². The van der Waals surface area contributed by atoms with Gasteiger partial charge in [-0.3, -0.25) is 9.48 Å². The van der Waals surface area contributed by atoms with Crippen LogP contribution in [0.4, 0.5) is 0 Å². The van der Waals surface area contributed by atoms with E-state index in [9.17, 15) is 4.79 Å². The summed E-state index contributed by atoms with van der Waals surface area (Å²) < 4.78 is 7.22. The van der Waals surface area contributed by atoms with Gasteiger partial charge in [-0.05, 0) is 38.0 Å². The van der Waals surface area contributed by atoms with Gasteiger partial charge >= 0.3 is 0 Å². The van der Waals surface area contributed by atoms with E-state index < -0.39 is 0 Å². The molecule has 1 aliphatic carbocycles. The summed E-state index contributed by atoms with van der Waals surface area (Å²) in [7, 11) is 1.88. The van der Waals surface area contributed by atoms with E-state index in [1.807, 2.05) is 27.1 Å². The van der Waals surface area contributed by atoms with Crippen molar-refractivity contribution in [2.24, 2.45) is 18.4 Å². The number of aromatic nitrogens is 3. The summed E-state index contributed by atoms with van der Waals surface area (Å²) in [4.78, 5) is 12.8. The predicted molar refractivity (Wildman–Crippen MR) is 95.3 cm³/mol. The largest absolute Gasteiger partial charge is 0.360 e. The molecule has 2 aromatic heterocycles. The molecule has 0 spiro atoms. The van der Waals surface area contributed by atoms with E-state index in [2.05, 4.69) is 36.3 Å². The molecule has 0 bridgehead atoms. The maximum Gasteiger partial charge on any atom is 0.274 e. The van der Waals surface area contributed by atoms with Gasteiger partial charge in [0.05, 0.1) is 11.7 Å². The summed E-state index contributed by atoms with van der Waals surface area (Å²) in [5.74, 6) is 1.23. The molecular formula is C19H28N4O2. The first-order chi connectivity index (χ1) is 11.7. The van der Waals surface area contributed by atoms with Gasteiger partial charge in [0.1, 0.15) is 5.76 Å². The van der Waals surface area contributed by atoms with Gasteiger partial charge in [-0.15, -0.1) is 0 Å². The summed E-state index contributed by atoms with van der Waals surface area (Å²) in [6.45, 7) is 10.7. The number of fused-ring (bicyclic) bond motifs is 1. The van der Waals surface area contributed by atoms with E-state index in [4.69, 9.17) is 4.52 Å². The summed E-state index contributed by atoms with van der Waals surface area (Å²) in [6, 6.07) is -0.129. The van der Waals surface area contributed by atoms with Crippen LogP contribution in [0.5, 0.6) is 0 Å². The Bertz CT molecular complexity index is 782. The summed E-state index contributed by atoms with van der Waals surface area (Å²) in [5.41, 5.74) is 3.57. The Balaban J connectivity index is 1.78. The molecule has 3 rings (SSSR count). The van der Waals surface area contributed by atoms with E-state index in [0.29, 0.717) is 11.6 Å². The summed E-state index contributed by atoms with van der Waals surface area (Å²) >= 11 is 0. The smallest absolute Gasteiger partial charge is 0.274 e. The maximum atomic E-state index is 12.8. The van der Waals surface area contributed by atoms with Crippen molar-refractivity contribution in [3.8, 4) is 0 Å². The minimum absolute atomic E-state index is 0.129. The fraction of sp³-hybridized carbons (Fsp3) is 0.632. The molecule has 0 unspecified atom stereocenters. The molecule has 2 aromatic rings. The van der Waals surface area contributed by atoms with Crippen LogP contribution >= 0.6 is 0 Å². The van der Waals surface area contributed by atoms with Crippen LogP contribution in [-0.2, 0) is 19.9 Å². The maximum absolute atomic E-state index is 12.8. The molecule has 2 atom stereocenters. The van der Waals surface area contributed by atoms with Crippen molar-refractivity contribution in [3.63, 3.8) is 0 Å². The average Bonchev–Trinajstić information content (AvgIpc) is 3.08. The topological polar surface area (TPSA) is 73.0 Å². The highest BCUT2D eigenvalue weighted by atomic mass is 16.5. The second kappa shape index (κ2) is 6.32. The van der Waals surface area contributed by atoms with E-state index in [0.717, 1.165) is 41.8 Å². The van der Waals surface area contributed by atoms with Crippen LogP contribution in [0.3, 0.4) is 0 Å². The van der Waals surface area contributed by atoms with Crippen LogP contribution in [0.2, 0.25) is 0 Å². The highest BCUT2D eigenvalue weighted by molar-refractivity contribution is 5.94. The van der Waals surface area contributed by atoms with E-state index in [1.165, 1.54) is 0 Å². The lowest BCUT2D eigenvalue weighted by Crippen LogP contribution is -2.30. The molecule has 1 N–H and O–H groups in total. The molecule has 0 saturated carbocycles. The minimum Gasteiger partial charge on any atom is -0.360 e. The van der Waals surface area contributed by atoms with E-state index in [1.54, 1.807) is 4.68 Å². The first-order valence-electron chi connectivity index (χ1n) is 8.95. The Morgan fingerprint density at radius 1 is 1.44 bits per heavy atom. The number of carbonyl (C=O) groups excluding carboxylic acids is 1. The zero-order valence-corrected chi connectivity index (χ0v) is 16.0. The lowest BCUT2D eigenvalue weighted by atomic mass is 9.71. The highest BCUT2D eigenvalue weighted by Gasteiger charge is 2.34. The first kappa shape index (κ1) is 17.7. The molecule has 0 aliphatic heterocycles. The fourth-order valence-electron chi connectivity index (χ4n) is 3.71. The summed E-state index contributed by atoms with van der Waals surface area (Å²) in [5, 5.41) is 11.5. The molecule has 0 fully saturated rings. The van der Waals surface area contributed by atoms with Gasteiger partial charge in [-0.2, -0.15) is 5.10 Å². The van der Waals surface area contributed by atoms with Crippen LogP contribution in [0.15, 0.2) is 10.7 Å². The standard InChI is InChI=1S/C19H28N4O2/c1-11(15-10-23(6)21-12(15)2)20-18(24)17-14-9-13(19(3,4)5)7-8-16(14)25-22-17/h10-11,13H,7-9H2,1-6H3,(H,20,24)/t11-,13-/m0/s1. The fourth-order valence-corrected chi connectivity index (χ4v) is 3.71. The van der Waals surface area contributed by atoms with Crippen LogP contribution in [0, 0.1) is 18.3 Å². The van der Waals surface area contributed by atoms with Gasteiger partial charge in [0.25, 0.3) is 5.91 Å². The Kier molecular flexibility index (Phi) is 4.47. The molecule has 1 aliphatic rings. The number of aryl methyl sites for hydroxylation is 3. The molecule has 6 heteroatoms. The van der Waals surface area contributed by atoms with E-state index >= 15 is 0 Å². The first-order valence-corrected chi connectivity index (χ1v) is 8.95. The Hall–Kier alpha value is -2.11. The van der Waals surface area contributed by atoms with Crippen molar-refractivity contribution in [1.82, 2.24) is 20.3 Å². The number of nitrogens with zero attached hydrogens (tertiary/aromatic N) is 3. The van der Waals surface area contributed by atoms with Crippen molar-refractivity contribution in [3.05, 3.63) is 34.5 Å². The molecule has 25 heavy (non-hydrogen) atoms. The molecule has 1 amide bonds. The molecule has 6 nitrogen and oxygen atoms in total. The van der Waals surface area contributed by atoms with Crippen LogP contribution < -0.4 is 5.32 Å². The highest BCUT2D eigenvalue weighted by Crippen LogP contribution is 2.38.